The van der Waals surface area contributed by atoms with Crippen LogP contribution in [0.25, 0.3) is 0 Å². The molecular weight excluding hydrogens is 292 g/mol. The number of carbonyl (C=O) groups is 1. The molecule has 0 atom stereocenters. The number of ether oxygens (including phenoxy) is 1. The zero-order chi connectivity index (χ0) is 15.5. The van der Waals surface area contributed by atoms with Gasteiger partial charge < -0.3 is 9.64 Å². The van der Waals surface area contributed by atoms with Crippen LogP contribution in [-0.4, -0.2) is 52.2 Å². The number of benzene rings is 1. The SMILES string of the molecule is COc1ccc(N(CC(=O)N2CCCC2)S(C)(=O)=O)cc1. The van der Waals surface area contributed by atoms with Crippen LogP contribution in [0.1, 0.15) is 12.8 Å². The zero-order valence-corrected chi connectivity index (χ0v) is 13.1. The maximum absolute atomic E-state index is 12.2. The van der Waals surface area contributed by atoms with Crippen molar-refractivity contribution in [1.29, 1.82) is 0 Å². The lowest BCUT2D eigenvalue weighted by Gasteiger charge is -2.24. The molecule has 0 unspecified atom stereocenters. The zero-order valence-electron chi connectivity index (χ0n) is 12.3. The monoisotopic (exact) mass is 312 g/mol. The van der Waals surface area contributed by atoms with E-state index in [9.17, 15) is 13.2 Å². The Hall–Kier alpha value is -1.76. The van der Waals surface area contributed by atoms with Gasteiger partial charge in [-0.1, -0.05) is 0 Å². The summed E-state index contributed by atoms with van der Waals surface area (Å²) in [5, 5.41) is 0. The van der Waals surface area contributed by atoms with Gasteiger partial charge >= 0.3 is 0 Å². The molecule has 1 aromatic rings. The summed E-state index contributed by atoms with van der Waals surface area (Å²) in [6.07, 6.45) is 3.06. The van der Waals surface area contributed by atoms with Gasteiger partial charge in [0.1, 0.15) is 12.3 Å². The van der Waals surface area contributed by atoms with Gasteiger partial charge in [-0.25, -0.2) is 8.42 Å². The molecule has 0 bridgehead atoms. The minimum Gasteiger partial charge on any atom is -0.497 e. The third kappa shape index (κ3) is 3.87. The number of amides is 1. The van der Waals surface area contributed by atoms with Crippen LogP contribution >= 0.6 is 0 Å². The minimum absolute atomic E-state index is 0.159. The van der Waals surface area contributed by atoms with Crippen LogP contribution in [0.4, 0.5) is 5.69 Å². The Balaban J connectivity index is 2.19. The Morgan fingerprint density at radius 1 is 1.24 bits per heavy atom. The van der Waals surface area contributed by atoms with Crippen LogP contribution in [0.2, 0.25) is 0 Å². The van der Waals surface area contributed by atoms with E-state index in [0.717, 1.165) is 23.4 Å². The van der Waals surface area contributed by atoms with Gasteiger partial charge in [0.15, 0.2) is 0 Å². The highest BCUT2D eigenvalue weighted by Gasteiger charge is 2.25. The van der Waals surface area contributed by atoms with E-state index in [1.165, 1.54) is 0 Å². The van der Waals surface area contributed by atoms with E-state index in [4.69, 9.17) is 4.74 Å². The van der Waals surface area contributed by atoms with Gasteiger partial charge in [0.25, 0.3) is 0 Å². The number of hydrogen-bond acceptors (Lipinski definition) is 4. The number of rotatable bonds is 5. The second-order valence-corrected chi connectivity index (χ2v) is 6.96. The summed E-state index contributed by atoms with van der Waals surface area (Å²) >= 11 is 0. The lowest BCUT2D eigenvalue weighted by Crippen LogP contribution is -2.41. The topological polar surface area (TPSA) is 66.9 Å². The molecule has 116 valence electrons. The summed E-state index contributed by atoms with van der Waals surface area (Å²) in [5.41, 5.74) is 0.464. The predicted octanol–water partition coefficient (Wildman–Crippen LogP) is 1.08. The average molecular weight is 312 g/mol. The molecule has 7 heteroatoms. The maximum Gasteiger partial charge on any atom is 0.243 e. The first-order chi connectivity index (χ1) is 9.91. The second kappa shape index (κ2) is 6.34. The van der Waals surface area contributed by atoms with Crippen LogP contribution in [0, 0.1) is 0 Å². The summed E-state index contributed by atoms with van der Waals surface area (Å²) < 4.78 is 30.1. The molecule has 2 rings (SSSR count). The van der Waals surface area contributed by atoms with Crippen molar-refractivity contribution in [2.45, 2.75) is 12.8 Å². The Morgan fingerprint density at radius 3 is 2.29 bits per heavy atom. The van der Waals surface area contributed by atoms with Gasteiger partial charge in [-0.2, -0.15) is 0 Å². The Bertz CT molecular complexity index is 592. The molecule has 1 aliphatic rings. The fraction of sp³-hybridized carbons (Fsp3) is 0.500. The third-order valence-corrected chi connectivity index (χ3v) is 4.64. The van der Waals surface area contributed by atoms with E-state index in [0.29, 0.717) is 24.5 Å². The lowest BCUT2D eigenvalue weighted by atomic mass is 10.3. The summed E-state index contributed by atoms with van der Waals surface area (Å²) in [7, 11) is -1.98. The fourth-order valence-corrected chi connectivity index (χ4v) is 3.19. The summed E-state index contributed by atoms with van der Waals surface area (Å²) in [5.74, 6) is 0.479. The fourth-order valence-electron chi connectivity index (χ4n) is 2.34. The van der Waals surface area contributed by atoms with Gasteiger partial charge in [0.05, 0.1) is 19.1 Å². The molecule has 0 radical (unpaired) electrons. The third-order valence-electron chi connectivity index (χ3n) is 3.50. The molecule has 0 aromatic heterocycles. The first-order valence-corrected chi connectivity index (χ1v) is 8.66. The molecule has 1 aromatic carbocycles. The van der Waals surface area contributed by atoms with Gasteiger partial charge in [-0.3, -0.25) is 9.10 Å². The number of sulfonamides is 1. The number of nitrogens with zero attached hydrogens (tertiary/aromatic N) is 2. The van der Waals surface area contributed by atoms with Crippen LogP contribution in [0.15, 0.2) is 24.3 Å². The minimum atomic E-state index is -3.52. The van der Waals surface area contributed by atoms with Crippen LogP contribution in [0.3, 0.4) is 0 Å². The van der Waals surface area contributed by atoms with E-state index in [1.807, 2.05) is 0 Å². The molecule has 6 nitrogen and oxygen atoms in total. The second-order valence-electron chi connectivity index (χ2n) is 5.06. The van der Waals surface area contributed by atoms with Crippen LogP contribution in [0.5, 0.6) is 5.75 Å². The van der Waals surface area contributed by atoms with Gasteiger partial charge in [0.2, 0.25) is 15.9 Å². The largest absolute Gasteiger partial charge is 0.497 e. The average Bonchev–Trinajstić information content (AvgIpc) is 2.98. The number of carbonyl (C=O) groups excluding carboxylic acids is 1. The maximum atomic E-state index is 12.2. The molecular formula is C14H20N2O4S. The molecule has 1 saturated heterocycles. The van der Waals surface area contributed by atoms with E-state index in [1.54, 1.807) is 36.3 Å². The molecule has 0 saturated carbocycles. The van der Waals surface area contributed by atoms with Crippen molar-refractivity contribution < 1.29 is 17.9 Å². The predicted molar refractivity (Wildman–Crippen MR) is 81.0 cm³/mol. The number of likely N-dealkylation sites (tertiary alicyclic amines) is 1. The van der Waals surface area contributed by atoms with Crippen molar-refractivity contribution in [3.05, 3.63) is 24.3 Å². The first kappa shape index (κ1) is 15.6. The molecule has 0 aliphatic carbocycles. The molecule has 1 amide bonds. The van der Waals surface area contributed by atoms with E-state index in [2.05, 4.69) is 0 Å². The van der Waals surface area contributed by atoms with Gasteiger partial charge in [-0.05, 0) is 37.1 Å². The summed E-state index contributed by atoms with van der Waals surface area (Å²) in [6.45, 7) is 1.25. The Labute approximate surface area is 125 Å². The normalized spacial score (nSPS) is 15.0. The van der Waals surface area contributed by atoms with Crippen molar-refractivity contribution in [2.24, 2.45) is 0 Å². The lowest BCUT2D eigenvalue weighted by molar-refractivity contribution is -0.128. The van der Waals surface area contributed by atoms with Crippen molar-refractivity contribution in [1.82, 2.24) is 4.90 Å². The van der Waals surface area contributed by atoms with Crippen LogP contribution < -0.4 is 9.04 Å². The number of methoxy groups -OCH3 is 1. The van der Waals surface area contributed by atoms with Crippen molar-refractivity contribution in [3.63, 3.8) is 0 Å². The summed E-state index contributed by atoms with van der Waals surface area (Å²) in [6, 6.07) is 6.62. The first-order valence-electron chi connectivity index (χ1n) is 6.81. The van der Waals surface area contributed by atoms with Gasteiger partial charge in [0, 0.05) is 13.1 Å². The van der Waals surface area contributed by atoms with Gasteiger partial charge in [-0.15, -0.1) is 0 Å². The smallest absolute Gasteiger partial charge is 0.243 e. The van der Waals surface area contributed by atoms with Crippen molar-refractivity contribution >= 4 is 21.6 Å². The van der Waals surface area contributed by atoms with E-state index < -0.39 is 10.0 Å². The number of hydrogen-bond donors (Lipinski definition) is 0. The number of anilines is 1. The highest BCUT2D eigenvalue weighted by Crippen LogP contribution is 2.22. The quantitative estimate of drug-likeness (QED) is 0.816. The van der Waals surface area contributed by atoms with E-state index in [-0.39, 0.29) is 12.5 Å². The summed E-state index contributed by atoms with van der Waals surface area (Å²) in [4.78, 5) is 13.9. The molecule has 0 spiro atoms. The van der Waals surface area contributed by atoms with E-state index >= 15 is 0 Å². The Kier molecular flexibility index (Phi) is 4.72. The van der Waals surface area contributed by atoms with Crippen LogP contribution in [-0.2, 0) is 14.8 Å². The standard InChI is InChI=1S/C14H20N2O4S/c1-20-13-7-5-12(6-8-13)16(21(2,18)19)11-14(17)15-9-3-4-10-15/h5-8H,3-4,9-11H2,1-2H3. The highest BCUT2D eigenvalue weighted by molar-refractivity contribution is 7.92. The van der Waals surface area contributed by atoms with Crippen molar-refractivity contribution in [2.75, 3.05) is 37.3 Å². The highest BCUT2D eigenvalue weighted by atomic mass is 32.2. The molecule has 21 heavy (non-hydrogen) atoms. The Morgan fingerprint density at radius 2 is 1.81 bits per heavy atom. The molecule has 1 heterocycles. The molecule has 1 aliphatic heterocycles. The molecule has 1 fully saturated rings. The van der Waals surface area contributed by atoms with Crippen molar-refractivity contribution in [3.8, 4) is 5.75 Å². The molecule has 0 N–H and O–H groups in total.